The summed E-state index contributed by atoms with van der Waals surface area (Å²) >= 11 is 0. The van der Waals surface area contributed by atoms with E-state index < -0.39 is 0 Å². The first kappa shape index (κ1) is 13.7. The molecule has 1 atom stereocenters. The highest BCUT2D eigenvalue weighted by molar-refractivity contribution is 5.03. The third-order valence-electron chi connectivity index (χ3n) is 4.57. The predicted molar refractivity (Wildman–Crippen MR) is 71.8 cm³/mol. The van der Waals surface area contributed by atoms with Crippen LogP contribution in [0.4, 0.5) is 0 Å². The lowest BCUT2D eigenvalue weighted by Gasteiger charge is -2.53. The van der Waals surface area contributed by atoms with Crippen molar-refractivity contribution in [1.82, 2.24) is 10.2 Å². The van der Waals surface area contributed by atoms with Crippen LogP contribution < -0.4 is 5.32 Å². The Morgan fingerprint density at radius 1 is 1.25 bits per heavy atom. The molecule has 1 aliphatic heterocycles. The molecular weight excluding hydrogens is 196 g/mol. The normalized spacial score (nSPS) is 30.2. The Hall–Kier alpha value is -0.340. The molecule has 1 aliphatic rings. The Labute approximate surface area is 101 Å². The van der Waals surface area contributed by atoms with Gasteiger partial charge in [0, 0.05) is 30.7 Å². The Morgan fingerprint density at radius 2 is 1.88 bits per heavy atom. The van der Waals surface area contributed by atoms with Crippen molar-refractivity contribution in [3.8, 4) is 0 Å². The van der Waals surface area contributed by atoms with Crippen molar-refractivity contribution >= 4 is 0 Å². The molecule has 0 bridgehead atoms. The molecule has 0 radical (unpaired) electrons. The molecule has 0 spiro atoms. The highest BCUT2D eigenvalue weighted by atomic mass is 15.3. The topological polar surface area (TPSA) is 15.3 Å². The highest BCUT2D eigenvalue weighted by Gasteiger charge is 2.41. The molecule has 1 saturated heterocycles. The molecule has 0 aromatic rings. The Kier molecular flexibility index (Phi) is 4.57. The van der Waals surface area contributed by atoms with Crippen LogP contribution in [0.5, 0.6) is 0 Å². The minimum absolute atomic E-state index is 0.294. The smallest absolute Gasteiger partial charge is 0.0307 e. The van der Waals surface area contributed by atoms with E-state index in [1.165, 1.54) is 19.3 Å². The standard InChI is InChI=1S/C14H28N2/c1-6-10-16-12-14(8-3,9-4)15-11-13(16,5)7-2/h6,15H,1,7-12H2,2-5H3. The third-order valence-corrected chi connectivity index (χ3v) is 4.57. The Bertz CT molecular complexity index is 233. The predicted octanol–water partition coefficient (Wildman–Crippen LogP) is 2.81. The van der Waals surface area contributed by atoms with Gasteiger partial charge in [-0.25, -0.2) is 0 Å². The van der Waals surface area contributed by atoms with Gasteiger partial charge in [0.25, 0.3) is 0 Å². The van der Waals surface area contributed by atoms with Crippen molar-refractivity contribution in [1.29, 1.82) is 0 Å². The van der Waals surface area contributed by atoms with Crippen LogP contribution in [-0.2, 0) is 0 Å². The molecular formula is C14H28N2. The first-order chi connectivity index (χ1) is 7.55. The maximum absolute atomic E-state index is 3.89. The molecule has 94 valence electrons. The maximum atomic E-state index is 3.89. The molecule has 16 heavy (non-hydrogen) atoms. The Balaban J connectivity index is 2.83. The SMILES string of the molecule is C=CCN1CC(CC)(CC)NCC1(C)CC. The van der Waals surface area contributed by atoms with Crippen molar-refractivity contribution < 1.29 is 0 Å². The van der Waals surface area contributed by atoms with Gasteiger partial charge in [-0.05, 0) is 26.2 Å². The van der Waals surface area contributed by atoms with Gasteiger partial charge in [0.05, 0.1) is 0 Å². The van der Waals surface area contributed by atoms with Crippen molar-refractivity contribution in [3.05, 3.63) is 12.7 Å². The van der Waals surface area contributed by atoms with Gasteiger partial charge in [-0.1, -0.05) is 26.8 Å². The maximum Gasteiger partial charge on any atom is 0.0307 e. The van der Waals surface area contributed by atoms with Crippen LogP contribution in [0.1, 0.15) is 47.0 Å². The van der Waals surface area contributed by atoms with Crippen molar-refractivity contribution in [2.75, 3.05) is 19.6 Å². The van der Waals surface area contributed by atoms with Gasteiger partial charge >= 0.3 is 0 Å². The number of hydrogen-bond donors (Lipinski definition) is 1. The lowest BCUT2D eigenvalue weighted by molar-refractivity contribution is 0.0184. The summed E-state index contributed by atoms with van der Waals surface area (Å²) in [6, 6.07) is 0. The van der Waals surface area contributed by atoms with Gasteiger partial charge in [-0.3, -0.25) is 4.90 Å². The first-order valence-corrected chi connectivity index (χ1v) is 6.67. The van der Waals surface area contributed by atoms with E-state index in [-0.39, 0.29) is 0 Å². The molecule has 1 fully saturated rings. The van der Waals surface area contributed by atoms with Crippen LogP contribution in [0.15, 0.2) is 12.7 Å². The zero-order chi connectivity index (χ0) is 12.2. The average Bonchev–Trinajstić information content (AvgIpc) is 2.33. The van der Waals surface area contributed by atoms with Gasteiger partial charge in [-0.15, -0.1) is 6.58 Å². The zero-order valence-electron chi connectivity index (χ0n) is 11.5. The molecule has 0 aliphatic carbocycles. The molecule has 1 heterocycles. The minimum atomic E-state index is 0.294. The van der Waals surface area contributed by atoms with Crippen molar-refractivity contribution in [3.63, 3.8) is 0 Å². The second kappa shape index (κ2) is 5.33. The van der Waals surface area contributed by atoms with Gasteiger partial charge in [0.1, 0.15) is 0 Å². The number of piperazine rings is 1. The van der Waals surface area contributed by atoms with Crippen LogP contribution in [0, 0.1) is 0 Å². The highest BCUT2D eigenvalue weighted by Crippen LogP contribution is 2.30. The van der Waals surface area contributed by atoms with E-state index in [1.54, 1.807) is 0 Å². The first-order valence-electron chi connectivity index (χ1n) is 6.67. The molecule has 0 aromatic carbocycles. The van der Waals surface area contributed by atoms with Gasteiger partial charge < -0.3 is 5.32 Å². The molecule has 0 aromatic heterocycles. The van der Waals surface area contributed by atoms with Gasteiger partial charge in [-0.2, -0.15) is 0 Å². The average molecular weight is 224 g/mol. The summed E-state index contributed by atoms with van der Waals surface area (Å²) < 4.78 is 0. The number of hydrogen-bond acceptors (Lipinski definition) is 2. The molecule has 2 nitrogen and oxygen atoms in total. The van der Waals surface area contributed by atoms with Crippen molar-refractivity contribution in [2.24, 2.45) is 0 Å². The molecule has 1 unspecified atom stereocenters. The fourth-order valence-corrected chi connectivity index (χ4v) is 2.61. The fraction of sp³-hybridized carbons (Fsp3) is 0.857. The van der Waals surface area contributed by atoms with Crippen LogP contribution >= 0.6 is 0 Å². The molecule has 1 rings (SSSR count). The number of nitrogens with one attached hydrogen (secondary N) is 1. The second-order valence-corrected chi connectivity index (χ2v) is 5.36. The quantitative estimate of drug-likeness (QED) is 0.722. The second-order valence-electron chi connectivity index (χ2n) is 5.36. The lowest BCUT2D eigenvalue weighted by atomic mass is 9.83. The summed E-state index contributed by atoms with van der Waals surface area (Å²) in [6.45, 7) is 16.4. The minimum Gasteiger partial charge on any atom is -0.308 e. The van der Waals surface area contributed by atoms with Crippen molar-refractivity contribution in [2.45, 2.75) is 58.0 Å². The monoisotopic (exact) mass is 224 g/mol. The summed E-state index contributed by atoms with van der Waals surface area (Å²) in [5, 5.41) is 3.79. The summed E-state index contributed by atoms with van der Waals surface area (Å²) in [5.41, 5.74) is 0.611. The lowest BCUT2D eigenvalue weighted by Crippen LogP contribution is -2.68. The van der Waals surface area contributed by atoms with Crippen LogP contribution in [-0.4, -0.2) is 35.6 Å². The van der Waals surface area contributed by atoms with Crippen LogP contribution in [0.3, 0.4) is 0 Å². The number of rotatable bonds is 5. The zero-order valence-corrected chi connectivity index (χ0v) is 11.5. The fourth-order valence-electron chi connectivity index (χ4n) is 2.61. The van der Waals surface area contributed by atoms with E-state index in [4.69, 9.17) is 0 Å². The molecule has 0 saturated carbocycles. The van der Waals surface area contributed by atoms with E-state index in [0.29, 0.717) is 11.1 Å². The molecule has 0 amide bonds. The van der Waals surface area contributed by atoms with E-state index >= 15 is 0 Å². The van der Waals surface area contributed by atoms with E-state index in [9.17, 15) is 0 Å². The molecule has 2 heteroatoms. The largest absolute Gasteiger partial charge is 0.308 e. The van der Waals surface area contributed by atoms with Gasteiger partial charge in [0.2, 0.25) is 0 Å². The summed E-state index contributed by atoms with van der Waals surface area (Å²) in [7, 11) is 0. The summed E-state index contributed by atoms with van der Waals surface area (Å²) in [6.07, 6.45) is 5.64. The van der Waals surface area contributed by atoms with Crippen LogP contribution in [0.2, 0.25) is 0 Å². The molecule has 1 N–H and O–H groups in total. The van der Waals surface area contributed by atoms with E-state index in [2.05, 4.69) is 44.5 Å². The summed E-state index contributed by atoms with van der Waals surface area (Å²) in [4.78, 5) is 2.60. The third kappa shape index (κ3) is 2.49. The van der Waals surface area contributed by atoms with Gasteiger partial charge in [0.15, 0.2) is 0 Å². The van der Waals surface area contributed by atoms with Crippen LogP contribution in [0.25, 0.3) is 0 Å². The summed E-state index contributed by atoms with van der Waals surface area (Å²) in [5.74, 6) is 0. The van der Waals surface area contributed by atoms with E-state index in [1.807, 2.05) is 6.08 Å². The number of nitrogens with zero attached hydrogens (tertiary/aromatic N) is 1. The Morgan fingerprint density at radius 3 is 2.31 bits per heavy atom. The van der Waals surface area contributed by atoms with E-state index in [0.717, 1.165) is 19.6 Å².